The van der Waals surface area contributed by atoms with Gasteiger partial charge in [-0.15, -0.1) is 0 Å². The number of benzene rings is 1. The van der Waals surface area contributed by atoms with Gasteiger partial charge < -0.3 is 10.2 Å². The van der Waals surface area contributed by atoms with Gasteiger partial charge >= 0.3 is 0 Å². The minimum absolute atomic E-state index is 0.0262. The predicted octanol–water partition coefficient (Wildman–Crippen LogP) is 2.36. The Labute approximate surface area is 143 Å². The third-order valence-corrected chi connectivity index (χ3v) is 4.46. The van der Waals surface area contributed by atoms with Crippen LogP contribution in [0.2, 0.25) is 0 Å². The number of piperidine rings is 1. The van der Waals surface area contributed by atoms with E-state index in [1.165, 1.54) is 11.1 Å². The SMILES string of the molecule is Cc1cccc(CCNC(=O)[C@@H]2CCCN(c3cnccn3)C2)c1. The lowest BCUT2D eigenvalue weighted by Gasteiger charge is -2.32. The molecule has 2 aromatic rings. The second-order valence-electron chi connectivity index (χ2n) is 6.38. The second-order valence-corrected chi connectivity index (χ2v) is 6.38. The Balaban J connectivity index is 1.49. The minimum atomic E-state index is 0.0262. The molecule has 0 aliphatic carbocycles. The zero-order chi connectivity index (χ0) is 16.8. The molecule has 0 bridgehead atoms. The number of anilines is 1. The maximum atomic E-state index is 12.5. The third-order valence-electron chi connectivity index (χ3n) is 4.46. The van der Waals surface area contributed by atoms with Gasteiger partial charge in [0.2, 0.25) is 5.91 Å². The number of rotatable bonds is 5. The molecule has 1 N–H and O–H groups in total. The molecule has 0 spiro atoms. The number of carbonyl (C=O) groups is 1. The fourth-order valence-electron chi connectivity index (χ4n) is 3.20. The van der Waals surface area contributed by atoms with Gasteiger partial charge in [-0.25, -0.2) is 4.98 Å². The van der Waals surface area contributed by atoms with Gasteiger partial charge in [0, 0.05) is 32.0 Å². The lowest BCUT2D eigenvalue weighted by Crippen LogP contribution is -2.43. The van der Waals surface area contributed by atoms with E-state index in [1.54, 1.807) is 18.6 Å². The lowest BCUT2D eigenvalue weighted by molar-refractivity contribution is -0.125. The third kappa shape index (κ3) is 4.31. The zero-order valence-corrected chi connectivity index (χ0v) is 14.1. The molecule has 1 aliphatic rings. The van der Waals surface area contributed by atoms with E-state index in [-0.39, 0.29) is 11.8 Å². The van der Waals surface area contributed by atoms with Crippen LogP contribution in [0.1, 0.15) is 24.0 Å². The maximum Gasteiger partial charge on any atom is 0.224 e. The highest BCUT2D eigenvalue weighted by Crippen LogP contribution is 2.20. The van der Waals surface area contributed by atoms with Gasteiger partial charge in [-0.05, 0) is 31.7 Å². The van der Waals surface area contributed by atoms with Crippen LogP contribution in [0.5, 0.6) is 0 Å². The van der Waals surface area contributed by atoms with Crippen molar-refractivity contribution in [1.82, 2.24) is 15.3 Å². The van der Waals surface area contributed by atoms with Gasteiger partial charge in [0.1, 0.15) is 5.82 Å². The monoisotopic (exact) mass is 324 g/mol. The van der Waals surface area contributed by atoms with E-state index >= 15 is 0 Å². The zero-order valence-electron chi connectivity index (χ0n) is 14.1. The molecule has 1 amide bonds. The molecule has 0 radical (unpaired) electrons. The Morgan fingerprint density at radius 1 is 1.38 bits per heavy atom. The van der Waals surface area contributed by atoms with Gasteiger partial charge in [0.15, 0.2) is 0 Å². The quantitative estimate of drug-likeness (QED) is 0.917. The lowest BCUT2D eigenvalue weighted by atomic mass is 9.97. The summed E-state index contributed by atoms with van der Waals surface area (Å²) >= 11 is 0. The summed E-state index contributed by atoms with van der Waals surface area (Å²) in [6, 6.07) is 8.43. The van der Waals surface area contributed by atoms with E-state index in [1.807, 2.05) is 0 Å². The summed E-state index contributed by atoms with van der Waals surface area (Å²) in [7, 11) is 0. The molecule has 126 valence electrons. The Kier molecular flexibility index (Phi) is 5.41. The number of hydrogen-bond donors (Lipinski definition) is 1. The summed E-state index contributed by atoms with van der Waals surface area (Å²) in [5.41, 5.74) is 2.52. The van der Waals surface area contributed by atoms with Gasteiger partial charge in [-0.3, -0.25) is 9.78 Å². The number of hydrogen-bond acceptors (Lipinski definition) is 4. The molecule has 0 unspecified atom stereocenters. The largest absolute Gasteiger partial charge is 0.355 e. The van der Waals surface area contributed by atoms with Crippen LogP contribution >= 0.6 is 0 Å². The topological polar surface area (TPSA) is 58.1 Å². The van der Waals surface area contributed by atoms with Crippen LogP contribution < -0.4 is 10.2 Å². The van der Waals surface area contributed by atoms with Crippen molar-refractivity contribution in [3.63, 3.8) is 0 Å². The average Bonchev–Trinajstić information content (AvgIpc) is 2.62. The fourth-order valence-corrected chi connectivity index (χ4v) is 3.20. The van der Waals surface area contributed by atoms with Gasteiger partial charge in [0.05, 0.1) is 12.1 Å². The summed E-state index contributed by atoms with van der Waals surface area (Å²) in [5, 5.41) is 3.09. The first-order chi connectivity index (χ1) is 11.7. The number of aryl methyl sites for hydroxylation is 1. The van der Waals surface area contributed by atoms with Crippen LogP contribution in [0.15, 0.2) is 42.9 Å². The Bertz CT molecular complexity index is 674. The summed E-state index contributed by atoms with van der Waals surface area (Å²) in [4.78, 5) is 23.1. The molecule has 1 aromatic heterocycles. The Hall–Kier alpha value is -2.43. The van der Waals surface area contributed by atoms with E-state index in [9.17, 15) is 4.79 Å². The number of carbonyl (C=O) groups excluding carboxylic acids is 1. The molecule has 3 rings (SSSR count). The molecule has 1 fully saturated rings. The van der Waals surface area contributed by atoms with Crippen molar-refractivity contribution in [2.24, 2.45) is 5.92 Å². The molecule has 1 atom stereocenters. The highest BCUT2D eigenvalue weighted by atomic mass is 16.1. The number of nitrogens with one attached hydrogen (secondary N) is 1. The minimum Gasteiger partial charge on any atom is -0.355 e. The van der Waals surface area contributed by atoms with E-state index < -0.39 is 0 Å². The molecular weight excluding hydrogens is 300 g/mol. The van der Waals surface area contributed by atoms with Crippen molar-refractivity contribution in [2.45, 2.75) is 26.2 Å². The van der Waals surface area contributed by atoms with E-state index in [4.69, 9.17) is 0 Å². The van der Waals surface area contributed by atoms with E-state index in [2.05, 4.69) is 51.4 Å². The van der Waals surface area contributed by atoms with E-state index in [0.717, 1.165) is 38.2 Å². The normalized spacial score (nSPS) is 17.5. The molecule has 0 saturated carbocycles. The van der Waals surface area contributed by atoms with Gasteiger partial charge in [0.25, 0.3) is 0 Å². The molecule has 5 heteroatoms. The molecule has 5 nitrogen and oxygen atoms in total. The van der Waals surface area contributed by atoms with Crippen LogP contribution in [0.25, 0.3) is 0 Å². The highest BCUT2D eigenvalue weighted by molar-refractivity contribution is 5.79. The van der Waals surface area contributed by atoms with Crippen molar-refractivity contribution in [3.05, 3.63) is 54.0 Å². The molecule has 1 aliphatic heterocycles. The van der Waals surface area contributed by atoms with Crippen molar-refractivity contribution >= 4 is 11.7 Å². The van der Waals surface area contributed by atoms with Crippen LogP contribution in [0.4, 0.5) is 5.82 Å². The Morgan fingerprint density at radius 3 is 3.08 bits per heavy atom. The first-order valence-electron chi connectivity index (χ1n) is 8.56. The highest BCUT2D eigenvalue weighted by Gasteiger charge is 2.26. The average molecular weight is 324 g/mol. The van der Waals surface area contributed by atoms with E-state index in [0.29, 0.717) is 6.54 Å². The summed E-state index contributed by atoms with van der Waals surface area (Å²) in [5.74, 6) is 1.03. The van der Waals surface area contributed by atoms with Crippen molar-refractivity contribution < 1.29 is 4.79 Å². The number of aromatic nitrogens is 2. The Morgan fingerprint density at radius 2 is 2.29 bits per heavy atom. The summed E-state index contributed by atoms with van der Waals surface area (Å²) in [6.07, 6.45) is 7.94. The van der Waals surface area contributed by atoms with Crippen molar-refractivity contribution in [1.29, 1.82) is 0 Å². The van der Waals surface area contributed by atoms with Crippen molar-refractivity contribution in [3.8, 4) is 0 Å². The molecule has 24 heavy (non-hydrogen) atoms. The number of nitrogens with zero attached hydrogens (tertiary/aromatic N) is 3. The van der Waals surface area contributed by atoms with Crippen LogP contribution in [0, 0.1) is 12.8 Å². The molecular formula is C19H24N4O. The second kappa shape index (κ2) is 7.90. The summed E-state index contributed by atoms with van der Waals surface area (Å²) < 4.78 is 0. The van der Waals surface area contributed by atoms with Gasteiger partial charge in [-0.1, -0.05) is 29.8 Å². The van der Waals surface area contributed by atoms with Crippen molar-refractivity contribution in [2.75, 3.05) is 24.5 Å². The van der Waals surface area contributed by atoms with Crippen LogP contribution in [-0.4, -0.2) is 35.5 Å². The summed E-state index contributed by atoms with van der Waals surface area (Å²) in [6.45, 7) is 4.43. The predicted molar refractivity (Wildman–Crippen MR) is 94.9 cm³/mol. The first kappa shape index (κ1) is 16.4. The standard InChI is InChI=1S/C19H24N4O/c1-15-4-2-5-16(12-15)7-8-22-19(24)17-6-3-11-23(14-17)18-13-20-9-10-21-18/h2,4-5,9-10,12-13,17H,3,6-8,11,14H2,1H3,(H,22,24)/t17-/m1/s1. The molecule has 2 heterocycles. The van der Waals surface area contributed by atoms with Gasteiger partial charge in [-0.2, -0.15) is 0 Å². The molecule has 1 aromatic carbocycles. The molecule has 1 saturated heterocycles. The first-order valence-corrected chi connectivity index (χ1v) is 8.56. The fraction of sp³-hybridized carbons (Fsp3) is 0.421. The smallest absolute Gasteiger partial charge is 0.224 e. The maximum absolute atomic E-state index is 12.5. The van der Waals surface area contributed by atoms with Crippen LogP contribution in [-0.2, 0) is 11.2 Å². The van der Waals surface area contributed by atoms with Crippen LogP contribution in [0.3, 0.4) is 0 Å². The number of amides is 1.